The van der Waals surface area contributed by atoms with Gasteiger partial charge in [0.25, 0.3) is 0 Å². The van der Waals surface area contributed by atoms with Crippen LogP contribution in [-0.2, 0) is 9.84 Å². The molecule has 0 bridgehead atoms. The van der Waals surface area contributed by atoms with Gasteiger partial charge in [-0.2, -0.15) is 0 Å². The molecule has 2 aromatic carbocycles. The molecule has 5 heteroatoms. The molecule has 1 aliphatic heterocycles. The van der Waals surface area contributed by atoms with E-state index in [0.29, 0.717) is 10.6 Å². The number of hydrogen-bond donors (Lipinski definition) is 1. The second-order valence-electron chi connectivity index (χ2n) is 5.81. The molecule has 0 aromatic heterocycles. The van der Waals surface area contributed by atoms with Gasteiger partial charge in [-0.25, -0.2) is 8.42 Å². The van der Waals surface area contributed by atoms with Gasteiger partial charge in [-0.1, -0.05) is 37.3 Å². The predicted molar refractivity (Wildman–Crippen MR) is 94.9 cm³/mol. The van der Waals surface area contributed by atoms with Gasteiger partial charge in [-0.15, -0.1) is 0 Å². The third-order valence-electron chi connectivity index (χ3n) is 4.27. The Kier molecular flexibility index (Phi) is 4.57. The summed E-state index contributed by atoms with van der Waals surface area (Å²) >= 11 is 0. The molecule has 1 unspecified atom stereocenters. The molecule has 0 amide bonds. The Morgan fingerprint density at radius 1 is 1.09 bits per heavy atom. The standard InChI is InChI=1S/C18H22N2O2S/c1-2-23(21,22)18-11-7-6-10-17(18)19-15-12-13-20(14-15)16-8-4-3-5-9-16/h3-11,15,19H,2,12-14H2,1H3. The highest BCUT2D eigenvalue weighted by Crippen LogP contribution is 2.26. The van der Waals surface area contributed by atoms with E-state index in [0.717, 1.165) is 19.5 Å². The predicted octanol–water partition coefficient (Wildman–Crippen LogP) is 3.17. The summed E-state index contributed by atoms with van der Waals surface area (Å²) < 4.78 is 24.5. The van der Waals surface area contributed by atoms with E-state index in [4.69, 9.17) is 0 Å². The Balaban J connectivity index is 1.75. The van der Waals surface area contributed by atoms with Crippen LogP contribution < -0.4 is 10.2 Å². The number of rotatable bonds is 5. The highest BCUT2D eigenvalue weighted by Gasteiger charge is 2.24. The van der Waals surface area contributed by atoms with Crippen molar-refractivity contribution in [3.8, 4) is 0 Å². The number of para-hydroxylation sites is 2. The first-order valence-electron chi connectivity index (χ1n) is 7.98. The van der Waals surface area contributed by atoms with Crippen molar-refractivity contribution in [2.45, 2.75) is 24.3 Å². The molecule has 122 valence electrons. The van der Waals surface area contributed by atoms with Gasteiger partial charge >= 0.3 is 0 Å². The summed E-state index contributed by atoms with van der Waals surface area (Å²) in [5.41, 5.74) is 1.93. The summed E-state index contributed by atoms with van der Waals surface area (Å²) in [6.45, 7) is 3.54. The smallest absolute Gasteiger partial charge is 0.180 e. The zero-order valence-corrected chi connectivity index (χ0v) is 14.1. The second-order valence-corrected chi connectivity index (χ2v) is 8.06. The first-order chi connectivity index (χ1) is 11.1. The number of sulfone groups is 1. The van der Waals surface area contributed by atoms with Crippen LogP contribution in [0.2, 0.25) is 0 Å². The van der Waals surface area contributed by atoms with E-state index in [1.165, 1.54) is 5.69 Å². The van der Waals surface area contributed by atoms with Crippen molar-refractivity contribution >= 4 is 21.2 Å². The van der Waals surface area contributed by atoms with Crippen molar-refractivity contribution < 1.29 is 8.42 Å². The van der Waals surface area contributed by atoms with Gasteiger partial charge in [0.2, 0.25) is 0 Å². The van der Waals surface area contributed by atoms with Crippen LogP contribution in [0.1, 0.15) is 13.3 Å². The van der Waals surface area contributed by atoms with E-state index in [1.54, 1.807) is 19.1 Å². The van der Waals surface area contributed by atoms with E-state index >= 15 is 0 Å². The molecule has 1 atom stereocenters. The summed E-state index contributed by atoms with van der Waals surface area (Å²) in [5.74, 6) is 0.118. The molecule has 1 aliphatic rings. The zero-order chi connectivity index (χ0) is 16.3. The van der Waals surface area contributed by atoms with Crippen molar-refractivity contribution in [1.29, 1.82) is 0 Å². The maximum absolute atomic E-state index is 12.2. The summed E-state index contributed by atoms with van der Waals surface area (Å²) in [6, 6.07) is 17.8. The monoisotopic (exact) mass is 330 g/mol. The average Bonchev–Trinajstić information content (AvgIpc) is 3.04. The third-order valence-corrected chi connectivity index (χ3v) is 6.06. The SMILES string of the molecule is CCS(=O)(=O)c1ccccc1NC1CCN(c2ccccc2)C1. The fraction of sp³-hybridized carbons (Fsp3) is 0.333. The molecule has 2 aromatic rings. The lowest BCUT2D eigenvalue weighted by Gasteiger charge is -2.20. The quantitative estimate of drug-likeness (QED) is 0.915. The van der Waals surface area contributed by atoms with Crippen molar-refractivity contribution in [1.82, 2.24) is 0 Å². The minimum Gasteiger partial charge on any atom is -0.379 e. The zero-order valence-electron chi connectivity index (χ0n) is 13.3. The maximum atomic E-state index is 12.2. The van der Waals surface area contributed by atoms with Gasteiger partial charge in [0.05, 0.1) is 16.3 Å². The minimum absolute atomic E-state index is 0.118. The maximum Gasteiger partial charge on any atom is 0.180 e. The van der Waals surface area contributed by atoms with Crippen LogP contribution in [0, 0.1) is 0 Å². The number of nitrogens with one attached hydrogen (secondary N) is 1. The van der Waals surface area contributed by atoms with Gasteiger partial charge in [0, 0.05) is 24.8 Å². The lowest BCUT2D eigenvalue weighted by molar-refractivity contribution is 0.597. The van der Waals surface area contributed by atoms with Gasteiger partial charge in [-0.05, 0) is 30.7 Å². The summed E-state index contributed by atoms with van der Waals surface area (Å²) in [4.78, 5) is 2.73. The van der Waals surface area contributed by atoms with E-state index in [1.807, 2.05) is 30.3 Å². The molecule has 1 saturated heterocycles. The van der Waals surface area contributed by atoms with Crippen molar-refractivity contribution in [3.63, 3.8) is 0 Å². The molecular weight excluding hydrogens is 308 g/mol. The molecular formula is C18H22N2O2S. The van der Waals surface area contributed by atoms with E-state index in [-0.39, 0.29) is 11.8 Å². The molecule has 0 radical (unpaired) electrons. The Morgan fingerprint density at radius 2 is 1.78 bits per heavy atom. The van der Waals surface area contributed by atoms with E-state index in [9.17, 15) is 8.42 Å². The topological polar surface area (TPSA) is 49.4 Å². The van der Waals surface area contributed by atoms with Crippen LogP contribution in [0.3, 0.4) is 0 Å². The fourth-order valence-electron chi connectivity index (χ4n) is 2.98. The molecule has 23 heavy (non-hydrogen) atoms. The molecule has 3 rings (SSSR count). The van der Waals surface area contributed by atoms with Crippen molar-refractivity contribution in [2.24, 2.45) is 0 Å². The molecule has 1 heterocycles. The number of anilines is 2. The summed E-state index contributed by atoms with van der Waals surface area (Å²) in [6.07, 6.45) is 0.995. The molecule has 0 saturated carbocycles. The van der Waals surface area contributed by atoms with E-state index < -0.39 is 9.84 Å². The molecule has 4 nitrogen and oxygen atoms in total. The van der Waals surface area contributed by atoms with Crippen molar-refractivity contribution in [3.05, 3.63) is 54.6 Å². The van der Waals surface area contributed by atoms with Crippen LogP contribution in [0.4, 0.5) is 11.4 Å². The van der Waals surface area contributed by atoms with Crippen LogP contribution in [-0.4, -0.2) is 33.3 Å². The van der Waals surface area contributed by atoms with Gasteiger partial charge in [0.1, 0.15) is 0 Å². The van der Waals surface area contributed by atoms with Crippen LogP contribution in [0.15, 0.2) is 59.5 Å². The third kappa shape index (κ3) is 3.50. The van der Waals surface area contributed by atoms with E-state index in [2.05, 4.69) is 22.3 Å². The highest BCUT2D eigenvalue weighted by atomic mass is 32.2. The molecule has 1 N–H and O–H groups in total. The number of nitrogens with zero attached hydrogens (tertiary/aromatic N) is 1. The second kappa shape index (κ2) is 6.62. The van der Waals surface area contributed by atoms with Crippen LogP contribution in [0.5, 0.6) is 0 Å². The summed E-state index contributed by atoms with van der Waals surface area (Å²) in [7, 11) is -3.21. The molecule has 0 aliphatic carbocycles. The molecule has 0 spiro atoms. The Labute approximate surface area is 138 Å². The highest BCUT2D eigenvalue weighted by molar-refractivity contribution is 7.91. The first kappa shape index (κ1) is 15.9. The van der Waals surface area contributed by atoms with Crippen LogP contribution >= 0.6 is 0 Å². The summed E-state index contributed by atoms with van der Waals surface area (Å²) in [5, 5.41) is 3.43. The Hall–Kier alpha value is -2.01. The lowest BCUT2D eigenvalue weighted by atomic mass is 10.2. The molecule has 1 fully saturated rings. The largest absolute Gasteiger partial charge is 0.379 e. The first-order valence-corrected chi connectivity index (χ1v) is 9.63. The minimum atomic E-state index is -3.21. The van der Waals surface area contributed by atoms with Crippen LogP contribution in [0.25, 0.3) is 0 Å². The van der Waals surface area contributed by atoms with Gasteiger partial charge < -0.3 is 10.2 Å². The number of benzene rings is 2. The fourth-order valence-corrected chi connectivity index (χ4v) is 4.04. The van der Waals surface area contributed by atoms with Gasteiger partial charge in [0.15, 0.2) is 9.84 Å². The number of hydrogen-bond acceptors (Lipinski definition) is 4. The average molecular weight is 330 g/mol. The Morgan fingerprint density at radius 3 is 2.52 bits per heavy atom. The Bertz CT molecular complexity index is 760. The normalized spacial score (nSPS) is 18.1. The van der Waals surface area contributed by atoms with Crippen molar-refractivity contribution in [2.75, 3.05) is 29.1 Å². The lowest BCUT2D eigenvalue weighted by Crippen LogP contribution is -2.26. The van der Waals surface area contributed by atoms with Gasteiger partial charge in [-0.3, -0.25) is 0 Å².